The minimum atomic E-state index is -0.340. The second-order valence-electron chi connectivity index (χ2n) is 7.80. The van der Waals surface area contributed by atoms with E-state index in [-0.39, 0.29) is 11.8 Å². The highest BCUT2D eigenvalue weighted by Crippen LogP contribution is 2.26. The number of ether oxygens (including phenoxy) is 1. The number of morpholine rings is 1. The maximum atomic E-state index is 12.2. The molecule has 0 radical (unpaired) electrons. The van der Waals surface area contributed by atoms with Crippen LogP contribution in [0.4, 0.5) is 5.69 Å². The maximum absolute atomic E-state index is 12.2. The zero-order valence-electron chi connectivity index (χ0n) is 17.7. The molecule has 1 aliphatic heterocycles. The molecule has 3 N–H and O–H groups in total. The van der Waals surface area contributed by atoms with Crippen LogP contribution in [0.2, 0.25) is 0 Å². The van der Waals surface area contributed by atoms with Crippen LogP contribution in [0.5, 0.6) is 0 Å². The van der Waals surface area contributed by atoms with Crippen molar-refractivity contribution in [1.82, 2.24) is 19.8 Å². The number of aromatic nitrogens is 3. The van der Waals surface area contributed by atoms with Crippen molar-refractivity contribution < 1.29 is 9.53 Å². The molecule has 4 rings (SSSR count). The third-order valence-corrected chi connectivity index (χ3v) is 5.66. The lowest BCUT2D eigenvalue weighted by Gasteiger charge is -2.28. The van der Waals surface area contributed by atoms with Gasteiger partial charge < -0.3 is 10.5 Å². The Kier molecular flexibility index (Phi) is 6.59. The molecule has 3 aromatic rings. The van der Waals surface area contributed by atoms with E-state index in [9.17, 15) is 4.79 Å². The van der Waals surface area contributed by atoms with Crippen LogP contribution in [0.15, 0.2) is 55.1 Å². The number of rotatable bonds is 8. The Labute approximate surface area is 182 Å². The van der Waals surface area contributed by atoms with Crippen molar-refractivity contribution in [3.8, 4) is 11.1 Å². The van der Waals surface area contributed by atoms with E-state index in [1.165, 1.54) is 0 Å². The van der Waals surface area contributed by atoms with Crippen molar-refractivity contribution in [2.24, 2.45) is 5.73 Å². The topological polar surface area (TPSA) is 98.3 Å². The first-order valence-corrected chi connectivity index (χ1v) is 10.5. The summed E-state index contributed by atoms with van der Waals surface area (Å²) in [6.45, 7) is 6.11. The van der Waals surface area contributed by atoms with Crippen LogP contribution in [0.1, 0.15) is 23.5 Å². The summed E-state index contributed by atoms with van der Waals surface area (Å²) in [5, 5.41) is 4.40. The first-order chi connectivity index (χ1) is 15.1. The van der Waals surface area contributed by atoms with E-state index < -0.39 is 0 Å². The van der Waals surface area contributed by atoms with E-state index in [1.54, 1.807) is 23.4 Å². The Balaban J connectivity index is 1.49. The van der Waals surface area contributed by atoms with E-state index in [0.29, 0.717) is 6.42 Å². The molecule has 1 unspecified atom stereocenters. The smallest absolute Gasteiger partial charge is 0.225 e. The van der Waals surface area contributed by atoms with Crippen LogP contribution >= 0.6 is 0 Å². The van der Waals surface area contributed by atoms with Crippen molar-refractivity contribution in [3.63, 3.8) is 0 Å². The van der Waals surface area contributed by atoms with Crippen LogP contribution in [0, 0.1) is 6.92 Å². The van der Waals surface area contributed by atoms with Crippen LogP contribution < -0.4 is 11.2 Å². The number of hydrogen-bond donors (Lipinski definition) is 2. The van der Waals surface area contributed by atoms with Gasteiger partial charge in [-0.15, -0.1) is 0 Å². The summed E-state index contributed by atoms with van der Waals surface area (Å²) >= 11 is 0. The summed E-state index contributed by atoms with van der Waals surface area (Å²) in [6.07, 6.45) is 7.93. The van der Waals surface area contributed by atoms with E-state index in [4.69, 9.17) is 10.5 Å². The van der Waals surface area contributed by atoms with E-state index >= 15 is 0 Å². The molecule has 1 atom stereocenters. The van der Waals surface area contributed by atoms with Gasteiger partial charge in [-0.2, -0.15) is 9.89 Å². The number of carbonyl (C=O) groups is 1. The first kappa shape index (κ1) is 21.0. The van der Waals surface area contributed by atoms with E-state index in [1.807, 2.05) is 43.5 Å². The Morgan fingerprint density at radius 2 is 2.06 bits per heavy atom. The summed E-state index contributed by atoms with van der Waals surface area (Å²) < 4.78 is 5.40. The van der Waals surface area contributed by atoms with Gasteiger partial charge in [0, 0.05) is 36.6 Å². The molecule has 0 bridgehead atoms. The highest BCUT2D eigenvalue weighted by atomic mass is 16.5. The fourth-order valence-corrected chi connectivity index (χ4v) is 3.78. The molecule has 8 nitrogen and oxygen atoms in total. The number of nitrogens with zero attached hydrogens (tertiary/aromatic N) is 4. The molecular formula is C23H28N6O2. The largest absolute Gasteiger partial charge is 0.379 e. The van der Waals surface area contributed by atoms with Crippen LogP contribution in [0.3, 0.4) is 0 Å². The molecular weight excluding hydrogens is 392 g/mol. The summed E-state index contributed by atoms with van der Waals surface area (Å²) in [6, 6.07) is 9.88. The fourth-order valence-electron chi connectivity index (χ4n) is 3.78. The predicted octanol–water partition coefficient (Wildman–Crippen LogP) is 2.42. The Morgan fingerprint density at radius 3 is 2.81 bits per heavy atom. The van der Waals surface area contributed by atoms with Crippen LogP contribution in [-0.2, 0) is 9.53 Å². The lowest BCUT2D eigenvalue weighted by atomic mass is 9.93. The highest BCUT2D eigenvalue weighted by molar-refractivity contribution is 5.82. The van der Waals surface area contributed by atoms with E-state index in [2.05, 4.69) is 20.4 Å². The molecule has 8 heteroatoms. The van der Waals surface area contributed by atoms with Gasteiger partial charge in [-0.1, -0.05) is 18.2 Å². The molecule has 0 saturated carbocycles. The summed E-state index contributed by atoms with van der Waals surface area (Å²) in [5.41, 5.74) is 13.9. The Morgan fingerprint density at radius 1 is 1.23 bits per heavy atom. The fraction of sp³-hybridized carbons (Fsp3) is 0.348. The normalized spacial score (nSPS) is 15.5. The van der Waals surface area contributed by atoms with Gasteiger partial charge in [0.05, 0.1) is 37.2 Å². The Hall–Kier alpha value is -3.23. The van der Waals surface area contributed by atoms with Crippen molar-refractivity contribution >= 4 is 11.6 Å². The van der Waals surface area contributed by atoms with Gasteiger partial charge in [0.15, 0.2) is 0 Å². The average Bonchev–Trinajstić information content (AvgIpc) is 3.26. The number of anilines is 1. The second kappa shape index (κ2) is 9.72. The molecule has 1 fully saturated rings. The minimum Gasteiger partial charge on any atom is -0.379 e. The van der Waals surface area contributed by atoms with Gasteiger partial charge in [0.2, 0.25) is 5.91 Å². The zero-order chi connectivity index (χ0) is 21.6. The standard InChI is InChI=1S/C23H28N6O2/c1-17-4-5-18(21(23(24)30)6-8-28-9-11-31-12-10-28)13-22(17)27-29-16-20(15-26-29)19-3-2-7-25-14-19/h2-5,7,13-16,21,27H,6,8-12H2,1H3,(H2,24,30). The van der Waals surface area contributed by atoms with E-state index in [0.717, 1.165) is 60.8 Å². The minimum absolute atomic E-state index is 0.305. The van der Waals surface area contributed by atoms with Crippen molar-refractivity contribution in [1.29, 1.82) is 0 Å². The monoisotopic (exact) mass is 420 g/mol. The van der Waals surface area contributed by atoms with Gasteiger partial charge in [-0.25, -0.2) is 0 Å². The number of primary amides is 1. The van der Waals surface area contributed by atoms with Gasteiger partial charge in [0.25, 0.3) is 0 Å². The van der Waals surface area contributed by atoms with Crippen molar-refractivity contribution in [3.05, 3.63) is 66.2 Å². The molecule has 0 spiro atoms. The molecule has 2 aromatic heterocycles. The van der Waals surface area contributed by atoms with Crippen molar-refractivity contribution in [2.45, 2.75) is 19.3 Å². The zero-order valence-corrected chi connectivity index (χ0v) is 17.7. The number of nitrogens with two attached hydrogens (primary N) is 1. The maximum Gasteiger partial charge on any atom is 0.225 e. The molecule has 1 aliphatic rings. The Bertz CT molecular complexity index is 1010. The van der Waals surface area contributed by atoms with Gasteiger partial charge in [0.1, 0.15) is 0 Å². The third-order valence-electron chi connectivity index (χ3n) is 5.66. The third kappa shape index (κ3) is 5.28. The predicted molar refractivity (Wildman–Crippen MR) is 119 cm³/mol. The number of carbonyl (C=O) groups excluding carboxylic acids is 1. The molecule has 31 heavy (non-hydrogen) atoms. The number of aryl methyl sites for hydroxylation is 1. The molecule has 1 amide bonds. The molecule has 162 valence electrons. The number of nitrogens with one attached hydrogen (secondary N) is 1. The molecule has 1 saturated heterocycles. The number of benzene rings is 1. The first-order valence-electron chi connectivity index (χ1n) is 10.5. The second-order valence-corrected chi connectivity index (χ2v) is 7.80. The van der Waals surface area contributed by atoms with Crippen molar-refractivity contribution in [2.75, 3.05) is 38.3 Å². The summed E-state index contributed by atoms with van der Waals surface area (Å²) in [4.78, 5) is 20.4. The lowest BCUT2D eigenvalue weighted by Crippen LogP contribution is -2.38. The quantitative estimate of drug-likeness (QED) is 0.581. The van der Waals surface area contributed by atoms with Crippen LogP contribution in [-0.4, -0.2) is 58.5 Å². The van der Waals surface area contributed by atoms with Gasteiger partial charge in [-0.05, 0) is 43.1 Å². The highest BCUT2D eigenvalue weighted by Gasteiger charge is 2.21. The van der Waals surface area contributed by atoms with Gasteiger partial charge in [-0.3, -0.25) is 20.1 Å². The molecule has 1 aromatic carbocycles. The summed E-state index contributed by atoms with van der Waals surface area (Å²) in [7, 11) is 0. The number of pyridine rings is 1. The number of amides is 1. The average molecular weight is 421 g/mol. The SMILES string of the molecule is Cc1ccc(C(CCN2CCOCC2)C(N)=O)cc1Nn1cc(-c2cccnc2)cn1. The number of hydrogen-bond acceptors (Lipinski definition) is 6. The van der Waals surface area contributed by atoms with Gasteiger partial charge >= 0.3 is 0 Å². The summed E-state index contributed by atoms with van der Waals surface area (Å²) in [5.74, 6) is -0.645. The lowest BCUT2D eigenvalue weighted by molar-refractivity contribution is -0.119. The molecule has 3 heterocycles. The van der Waals surface area contributed by atoms with Crippen LogP contribution in [0.25, 0.3) is 11.1 Å². The molecule has 0 aliphatic carbocycles.